The second kappa shape index (κ2) is 7.81. The molecule has 0 spiro atoms. The molecule has 0 N–H and O–H groups in total. The van der Waals surface area contributed by atoms with Crippen molar-refractivity contribution in [3.05, 3.63) is 46.1 Å². The van der Waals surface area contributed by atoms with Gasteiger partial charge in [-0.25, -0.2) is 9.48 Å². The van der Waals surface area contributed by atoms with Gasteiger partial charge in [0, 0.05) is 32.6 Å². The molecule has 1 atom stereocenters. The van der Waals surface area contributed by atoms with Gasteiger partial charge < -0.3 is 9.64 Å². The molecule has 1 aromatic carbocycles. The van der Waals surface area contributed by atoms with E-state index in [0.29, 0.717) is 24.6 Å². The fraction of sp³-hybridized carbons (Fsp3) is 0.571. The Kier molecular flexibility index (Phi) is 5.24. The number of hydrogen-bond donors (Lipinski definition) is 0. The van der Waals surface area contributed by atoms with Crippen molar-refractivity contribution in [1.29, 1.82) is 0 Å². The van der Waals surface area contributed by atoms with Gasteiger partial charge in [-0.15, -0.1) is 0 Å². The third-order valence-electron chi connectivity index (χ3n) is 5.81. The van der Waals surface area contributed by atoms with Gasteiger partial charge in [-0.1, -0.05) is 12.1 Å². The van der Waals surface area contributed by atoms with Crippen molar-refractivity contribution < 1.29 is 9.53 Å². The Balaban J connectivity index is 1.34. The van der Waals surface area contributed by atoms with Crippen LogP contribution in [-0.2, 0) is 24.3 Å². The van der Waals surface area contributed by atoms with Crippen molar-refractivity contribution in [3.63, 3.8) is 0 Å². The van der Waals surface area contributed by atoms with Crippen molar-refractivity contribution in [2.45, 2.75) is 58.2 Å². The molecular weight excluding hydrogens is 356 g/mol. The molecule has 2 aliphatic rings. The van der Waals surface area contributed by atoms with E-state index in [0.717, 1.165) is 30.8 Å². The van der Waals surface area contributed by atoms with Crippen LogP contribution in [0.25, 0.3) is 0 Å². The molecule has 2 aromatic rings. The molecule has 1 aromatic heterocycles. The quantitative estimate of drug-likeness (QED) is 0.764. The molecular formula is C21H28N4O3. The van der Waals surface area contributed by atoms with E-state index < -0.39 is 0 Å². The minimum absolute atomic E-state index is 0.000639. The van der Waals surface area contributed by atoms with Gasteiger partial charge in [0.15, 0.2) is 6.61 Å². The summed E-state index contributed by atoms with van der Waals surface area (Å²) in [4.78, 5) is 26.9. The van der Waals surface area contributed by atoms with E-state index in [4.69, 9.17) is 4.74 Å². The van der Waals surface area contributed by atoms with Gasteiger partial charge in [-0.3, -0.25) is 9.36 Å². The molecule has 28 heavy (non-hydrogen) atoms. The smallest absolute Gasteiger partial charge is 0.345 e. The molecule has 7 nitrogen and oxygen atoms in total. The van der Waals surface area contributed by atoms with Gasteiger partial charge in [-0.05, 0) is 56.2 Å². The van der Waals surface area contributed by atoms with Gasteiger partial charge >= 0.3 is 5.69 Å². The lowest BCUT2D eigenvalue weighted by Crippen LogP contribution is -2.40. The van der Waals surface area contributed by atoms with Crippen LogP contribution in [0.5, 0.6) is 5.75 Å². The summed E-state index contributed by atoms with van der Waals surface area (Å²) in [5, 5.41) is 4.55. The summed E-state index contributed by atoms with van der Waals surface area (Å²) < 4.78 is 9.09. The predicted molar refractivity (Wildman–Crippen MR) is 105 cm³/mol. The number of likely N-dealkylation sites (N-methyl/N-ethyl adjacent to an activating group) is 1. The summed E-state index contributed by atoms with van der Waals surface area (Å²) in [5.41, 5.74) is 1.10. The van der Waals surface area contributed by atoms with Crippen LogP contribution in [0.2, 0.25) is 0 Å². The lowest BCUT2D eigenvalue weighted by Gasteiger charge is -2.27. The lowest BCUT2D eigenvalue weighted by molar-refractivity contribution is -0.134. The molecule has 1 unspecified atom stereocenters. The number of fused-ring (bicyclic) bond motifs is 1. The number of nitrogens with zero attached hydrogens (tertiary/aromatic N) is 4. The van der Waals surface area contributed by atoms with Crippen LogP contribution in [0.15, 0.2) is 29.1 Å². The van der Waals surface area contributed by atoms with E-state index in [-0.39, 0.29) is 24.2 Å². The first-order chi connectivity index (χ1) is 13.5. The number of carbonyl (C=O) groups is 1. The summed E-state index contributed by atoms with van der Waals surface area (Å²) in [6.45, 7) is 3.38. The number of benzene rings is 1. The number of ether oxygens (including phenoxy) is 1. The Bertz CT molecular complexity index is 913. The molecule has 1 saturated carbocycles. The average molecular weight is 384 g/mol. The first kappa shape index (κ1) is 18.8. The predicted octanol–water partition coefficient (Wildman–Crippen LogP) is 2.01. The maximum absolute atomic E-state index is 12.6. The summed E-state index contributed by atoms with van der Waals surface area (Å²) in [7, 11) is 1.83. The first-order valence-electron chi connectivity index (χ1n) is 10.1. The van der Waals surface area contributed by atoms with Crippen LogP contribution in [0.3, 0.4) is 0 Å². The number of hydrogen-bond acceptors (Lipinski definition) is 4. The Labute approximate surface area is 164 Å². The largest absolute Gasteiger partial charge is 0.484 e. The van der Waals surface area contributed by atoms with Gasteiger partial charge in [0.05, 0.1) is 0 Å². The molecule has 1 amide bonds. The third-order valence-corrected chi connectivity index (χ3v) is 5.81. The van der Waals surface area contributed by atoms with Crippen LogP contribution >= 0.6 is 0 Å². The highest BCUT2D eigenvalue weighted by Crippen LogP contribution is 2.30. The Morgan fingerprint density at radius 1 is 1.29 bits per heavy atom. The second-order valence-corrected chi connectivity index (χ2v) is 8.07. The van der Waals surface area contributed by atoms with Crippen LogP contribution in [0, 0.1) is 12.8 Å². The highest BCUT2D eigenvalue weighted by Gasteiger charge is 2.28. The number of carbonyl (C=O) groups excluding carboxylic acids is 1. The molecule has 4 rings (SSSR count). The topological polar surface area (TPSA) is 69.4 Å². The van der Waals surface area contributed by atoms with Crippen molar-refractivity contribution in [1.82, 2.24) is 19.2 Å². The Hall–Kier alpha value is -2.57. The van der Waals surface area contributed by atoms with Crippen LogP contribution < -0.4 is 10.4 Å². The molecule has 150 valence electrons. The minimum atomic E-state index is -0.0443. The van der Waals surface area contributed by atoms with Gasteiger partial charge in [0.25, 0.3) is 5.91 Å². The molecule has 0 radical (unpaired) electrons. The fourth-order valence-electron chi connectivity index (χ4n) is 3.82. The van der Waals surface area contributed by atoms with Crippen LogP contribution in [0.4, 0.5) is 0 Å². The SMILES string of the molecule is Cc1cccc(OCC(=O)N(C)C2CCc3nn(CC4CC4)c(=O)n3CC2)c1. The minimum Gasteiger partial charge on any atom is -0.484 e. The van der Waals surface area contributed by atoms with Gasteiger partial charge in [-0.2, -0.15) is 5.10 Å². The summed E-state index contributed by atoms with van der Waals surface area (Å²) in [6, 6.07) is 7.78. The normalized spacial score (nSPS) is 19.0. The zero-order valence-corrected chi connectivity index (χ0v) is 16.6. The maximum Gasteiger partial charge on any atom is 0.345 e. The highest BCUT2D eigenvalue weighted by molar-refractivity contribution is 5.77. The highest BCUT2D eigenvalue weighted by atomic mass is 16.5. The molecule has 1 aliphatic heterocycles. The zero-order chi connectivity index (χ0) is 19.7. The summed E-state index contributed by atoms with van der Waals surface area (Å²) in [5.74, 6) is 2.14. The van der Waals surface area contributed by atoms with E-state index in [1.807, 2.05) is 38.2 Å². The Morgan fingerprint density at radius 3 is 2.86 bits per heavy atom. The fourth-order valence-corrected chi connectivity index (χ4v) is 3.82. The molecule has 1 aliphatic carbocycles. The van der Waals surface area contributed by atoms with Gasteiger partial charge in [0.1, 0.15) is 11.6 Å². The van der Waals surface area contributed by atoms with Gasteiger partial charge in [0.2, 0.25) is 0 Å². The molecule has 2 heterocycles. The van der Waals surface area contributed by atoms with E-state index in [9.17, 15) is 9.59 Å². The molecule has 0 saturated heterocycles. The van der Waals surface area contributed by atoms with Crippen LogP contribution in [0.1, 0.15) is 37.1 Å². The van der Waals surface area contributed by atoms with E-state index >= 15 is 0 Å². The number of aromatic nitrogens is 3. The number of rotatable bonds is 6. The summed E-state index contributed by atoms with van der Waals surface area (Å²) >= 11 is 0. The third kappa shape index (κ3) is 4.13. The zero-order valence-electron chi connectivity index (χ0n) is 16.6. The van der Waals surface area contributed by atoms with Crippen molar-refractivity contribution in [3.8, 4) is 5.75 Å². The monoisotopic (exact) mass is 384 g/mol. The van der Waals surface area contributed by atoms with E-state index in [2.05, 4.69) is 5.10 Å². The van der Waals surface area contributed by atoms with Crippen molar-refractivity contribution in [2.75, 3.05) is 13.7 Å². The first-order valence-corrected chi connectivity index (χ1v) is 10.1. The van der Waals surface area contributed by atoms with Crippen molar-refractivity contribution >= 4 is 5.91 Å². The molecule has 1 fully saturated rings. The van der Waals surface area contributed by atoms with E-state index in [1.165, 1.54) is 12.8 Å². The average Bonchev–Trinajstić information content (AvgIpc) is 3.48. The van der Waals surface area contributed by atoms with Crippen molar-refractivity contribution in [2.24, 2.45) is 5.92 Å². The summed E-state index contributed by atoms with van der Waals surface area (Å²) in [6.07, 6.45) is 4.69. The van der Waals surface area contributed by atoms with Crippen LogP contribution in [-0.4, -0.2) is 44.9 Å². The number of amides is 1. The molecule has 0 bridgehead atoms. The maximum atomic E-state index is 12.6. The molecule has 7 heteroatoms. The van der Waals surface area contributed by atoms with E-state index in [1.54, 1.807) is 14.1 Å². The lowest BCUT2D eigenvalue weighted by atomic mass is 10.1. The Morgan fingerprint density at radius 2 is 2.11 bits per heavy atom. The number of aryl methyl sites for hydroxylation is 2. The second-order valence-electron chi connectivity index (χ2n) is 8.07. The standard InChI is InChI=1S/C21H28N4O3/c1-15-4-3-5-18(12-15)28-14-20(26)23(2)17-8-9-19-22-25(13-16-6-7-16)21(27)24(19)11-10-17/h3-5,12,16-17H,6-11,13-14H2,1-2H3.